The maximum Gasteiger partial charge on any atom is 0.282 e. The van der Waals surface area contributed by atoms with Gasteiger partial charge in [-0.1, -0.05) is 11.6 Å². The van der Waals surface area contributed by atoms with E-state index in [2.05, 4.69) is 4.98 Å². The number of benzene rings is 1. The Balaban J connectivity index is 1.83. The van der Waals surface area contributed by atoms with Gasteiger partial charge in [0.25, 0.3) is 11.8 Å². The number of aromatic nitrogens is 1. The van der Waals surface area contributed by atoms with E-state index < -0.39 is 30.7 Å². The third kappa shape index (κ3) is 3.37. The molecule has 1 amide bonds. The van der Waals surface area contributed by atoms with Gasteiger partial charge in [0.2, 0.25) is 0 Å². The Bertz CT molecular complexity index is 990. The van der Waals surface area contributed by atoms with Crippen LogP contribution in [-0.4, -0.2) is 34.8 Å². The van der Waals surface area contributed by atoms with Crippen LogP contribution < -0.4 is 0 Å². The molecular weight excluding hydrogens is 379 g/mol. The lowest BCUT2D eigenvalue weighted by molar-refractivity contribution is -0.113. The molecule has 2 fully saturated rings. The molecule has 1 saturated heterocycles. The number of nitriles is 1. The molecular formula is C19H13ClF3N3O. The van der Waals surface area contributed by atoms with E-state index in [0.29, 0.717) is 11.3 Å². The number of alkyl halides is 2. The van der Waals surface area contributed by atoms with Crippen molar-refractivity contribution in [3.63, 3.8) is 0 Å². The molecule has 1 aliphatic heterocycles. The number of likely N-dealkylation sites (tertiary alicyclic amines) is 1. The topological polar surface area (TPSA) is 57.0 Å². The Morgan fingerprint density at radius 1 is 1.26 bits per heavy atom. The maximum absolute atomic E-state index is 14.8. The fraction of sp³-hybridized carbons (Fsp3) is 0.316. The van der Waals surface area contributed by atoms with Crippen LogP contribution in [0.15, 0.2) is 24.3 Å². The van der Waals surface area contributed by atoms with Crippen molar-refractivity contribution in [3.05, 3.63) is 52.1 Å². The summed E-state index contributed by atoms with van der Waals surface area (Å²) in [5.74, 6) is -4.22. The average molecular weight is 392 g/mol. The summed E-state index contributed by atoms with van der Waals surface area (Å²) in [5, 5.41) is 9.26. The standard InChI is InChI=1S/C19H13ClF3N3O/c20-16-6-12(5-15(25-16)11-1-2-11)17-13(3-10(7-24)4-14(17)21)18(27)26-8-19(22,23)9-26/h3-6,11H,1-2,8-9H2. The Hall–Kier alpha value is -2.59. The number of hydrogen-bond donors (Lipinski definition) is 0. The largest absolute Gasteiger partial charge is 0.326 e. The van der Waals surface area contributed by atoms with Gasteiger partial charge in [-0.25, -0.2) is 18.2 Å². The third-order valence-corrected chi connectivity index (χ3v) is 4.87. The van der Waals surface area contributed by atoms with Gasteiger partial charge in [0.15, 0.2) is 0 Å². The molecule has 138 valence electrons. The molecule has 1 aromatic carbocycles. The SMILES string of the molecule is N#Cc1cc(F)c(-c2cc(Cl)nc(C3CC3)c2)c(C(=O)N2CC(F)(F)C2)c1. The number of hydrogen-bond acceptors (Lipinski definition) is 3. The van der Waals surface area contributed by atoms with Crippen LogP contribution in [0.5, 0.6) is 0 Å². The fourth-order valence-corrected chi connectivity index (χ4v) is 3.42. The monoisotopic (exact) mass is 391 g/mol. The van der Waals surface area contributed by atoms with Gasteiger partial charge in [0, 0.05) is 17.2 Å². The summed E-state index contributed by atoms with van der Waals surface area (Å²) in [6, 6.07) is 7.12. The number of halogens is 4. The van der Waals surface area contributed by atoms with Crippen LogP contribution in [0.25, 0.3) is 11.1 Å². The summed E-state index contributed by atoms with van der Waals surface area (Å²) in [6.07, 6.45) is 1.91. The lowest BCUT2D eigenvalue weighted by Crippen LogP contribution is -2.58. The van der Waals surface area contributed by atoms with Crippen molar-refractivity contribution < 1.29 is 18.0 Å². The van der Waals surface area contributed by atoms with Gasteiger partial charge < -0.3 is 4.90 Å². The predicted octanol–water partition coefficient (Wildman–Crippen LogP) is 4.38. The van der Waals surface area contributed by atoms with E-state index in [4.69, 9.17) is 16.9 Å². The number of carbonyl (C=O) groups excluding carboxylic acids is 1. The fourth-order valence-electron chi connectivity index (χ4n) is 3.21. The van der Waals surface area contributed by atoms with Gasteiger partial charge in [-0.2, -0.15) is 5.26 Å². The highest BCUT2D eigenvalue weighted by atomic mass is 35.5. The van der Waals surface area contributed by atoms with Crippen molar-refractivity contribution in [1.29, 1.82) is 5.26 Å². The van der Waals surface area contributed by atoms with E-state index in [0.717, 1.165) is 23.8 Å². The molecule has 1 saturated carbocycles. The summed E-state index contributed by atoms with van der Waals surface area (Å²) >= 11 is 6.07. The number of rotatable bonds is 3. The van der Waals surface area contributed by atoms with E-state index >= 15 is 0 Å². The van der Waals surface area contributed by atoms with E-state index in [1.807, 2.05) is 0 Å². The van der Waals surface area contributed by atoms with Crippen molar-refractivity contribution in [2.75, 3.05) is 13.1 Å². The highest BCUT2D eigenvalue weighted by Crippen LogP contribution is 2.42. The van der Waals surface area contributed by atoms with Crippen molar-refractivity contribution >= 4 is 17.5 Å². The smallest absolute Gasteiger partial charge is 0.282 e. The first-order valence-electron chi connectivity index (χ1n) is 8.36. The Morgan fingerprint density at radius 2 is 1.96 bits per heavy atom. The highest BCUT2D eigenvalue weighted by molar-refractivity contribution is 6.29. The molecule has 0 N–H and O–H groups in total. The molecule has 1 aromatic heterocycles. The average Bonchev–Trinajstić information content (AvgIpc) is 3.42. The van der Waals surface area contributed by atoms with Gasteiger partial charge in [0.1, 0.15) is 11.0 Å². The van der Waals surface area contributed by atoms with Gasteiger partial charge in [-0.05, 0) is 42.7 Å². The lowest BCUT2D eigenvalue weighted by Gasteiger charge is -2.39. The second-order valence-electron chi connectivity index (χ2n) is 6.89. The van der Waals surface area contributed by atoms with Crippen molar-refractivity contribution in [2.45, 2.75) is 24.7 Å². The molecule has 4 nitrogen and oxygen atoms in total. The van der Waals surface area contributed by atoms with Crippen LogP contribution in [0.4, 0.5) is 13.2 Å². The zero-order valence-electron chi connectivity index (χ0n) is 14.0. The number of carbonyl (C=O) groups is 1. The molecule has 0 bridgehead atoms. The zero-order valence-corrected chi connectivity index (χ0v) is 14.7. The minimum atomic E-state index is -2.94. The summed E-state index contributed by atoms with van der Waals surface area (Å²) in [6.45, 7) is -1.46. The first-order valence-corrected chi connectivity index (χ1v) is 8.74. The van der Waals surface area contributed by atoms with E-state index in [1.165, 1.54) is 12.1 Å². The number of amides is 1. The van der Waals surface area contributed by atoms with E-state index in [-0.39, 0.29) is 27.8 Å². The van der Waals surface area contributed by atoms with Crippen molar-refractivity contribution in [2.24, 2.45) is 0 Å². The lowest BCUT2D eigenvalue weighted by atomic mass is 9.94. The molecule has 2 aromatic rings. The van der Waals surface area contributed by atoms with Gasteiger partial charge in [-0.15, -0.1) is 0 Å². The quantitative estimate of drug-likeness (QED) is 0.729. The molecule has 27 heavy (non-hydrogen) atoms. The van der Waals surface area contributed by atoms with Crippen LogP contribution in [0.2, 0.25) is 5.15 Å². The Labute approximate surface area is 158 Å². The molecule has 4 rings (SSSR count). The molecule has 0 radical (unpaired) electrons. The van der Waals surface area contributed by atoms with Crippen LogP contribution in [0.1, 0.15) is 40.4 Å². The first-order chi connectivity index (χ1) is 12.8. The van der Waals surface area contributed by atoms with Crippen molar-refractivity contribution in [3.8, 4) is 17.2 Å². The number of nitrogens with zero attached hydrogens (tertiary/aromatic N) is 3. The Morgan fingerprint density at radius 3 is 2.56 bits per heavy atom. The second kappa shape index (κ2) is 6.24. The zero-order chi connectivity index (χ0) is 19.3. The van der Waals surface area contributed by atoms with Gasteiger partial charge >= 0.3 is 0 Å². The normalized spacial score (nSPS) is 18.0. The highest BCUT2D eigenvalue weighted by Gasteiger charge is 2.47. The molecule has 2 aliphatic rings. The summed E-state index contributed by atoms with van der Waals surface area (Å²) in [4.78, 5) is 17.9. The van der Waals surface area contributed by atoms with Crippen LogP contribution in [-0.2, 0) is 0 Å². The van der Waals surface area contributed by atoms with Crippen molar-refractivity contribution in [1.82, 2.24) is 9.88 Å². The van der Waals surface area contributed by atoms with E-state index in [1.54, 1.807) is 12.1 Å². The minimum absolute atomic E-state index is 0.0552. The van der Waals surface area contributed by atoms with Crippen LogP contribution >= 0.6 is 11.6 Å². The van der Waals surface area contributed by atoms with Gasteiger partial charge in [-0.3, -0.25) is 4.79 Å². The van der Waals surface area contributed by atoms with E-state index in [9.17, 15) is 18.0 Å². The Kier molecular flexibility index (Phi) is 4.11. The minimum Gasteiger partial charge on any atom is -0.326 e. The summed E-state index contributed by atoms with van der Waals surface area (Å²) < 4.78 is 41.2. The van der Waals surface area contributed by atoms with Crippen LogP contribution in [0, 0.1) is 17.1 Å². The summed E-state index contributed by atoms with van der Waals surface area (Å²) in [5.41, 5.74) is 0.797. The maximum atomic E-state index is 14.8. The molecule has 2 heterocycles. The van der Waals surface area contributed by atoms with Gasteiger partial charge in [0.05, 0.1) is 30.3 Å². The molecule has 0 atom stereocenters. The molecule has 0 spiro atoms. The molecule has 0 unspecified atom stereocenters. The third-order valence-electron chi connectivity index (χ3n) is 4.68. The first kappa shape index (κ1) is 17.8. The number of pyridine rings is 1. The summed E-state index contributed by atoms with van der Waals surface area (Å²) in [7, 11) is 0. The second-order valence-corrected chi connectivity index (χ2v) is 7.27. The predicted molar refractivity (Wildman–Crippen MR) is 92.2 cm³/mol. The molecule has 1 aliphatic carbocycles. The molecule has 8 heteroatoms. The van der Waals surface area contributed by atoms with Crippen LogP contribution in [0.3, 0.4) is 0 Å².